The summed E-state index contributed by atoms with van der Waals surface area (Å²) in [5, 5.41) is 3.32. The van der Waals surface area contributed by atoms with Gasteiger partial charge in [0, 0.05) is 10.5 Å². The van der Waals surface area contributed by atoms with Crippen LogP contribution in [-0.2, 0) is 6.42 Å². The second kappa shape index (κ2) is 5.28. The van der Waals surface area contributed by atoms with Crippen molar-refractivity contribution in [1.29, 1.82) is 0 Å². The second-order valence-corrected chi connectivity index (χ2v) is 5.46. The van der Waals surface area contributed by atoms with Crippen molar-refractivity contribution in [3.05, 3.63) is 34.1 Å². The topological polar surface area (TPSA) is 12.0 Å². The Balaban J connectivity index is 2.01. The fraction of sp³-hybridized carbons (Fsp3) is 0.538. The molecule has 2 rings (SSSR count). The van der Waals surface area contributed by atoms with Gasteiger partial charge in [-0.3, -0.25) is 0 Å². The molecule has 1 saturated carbocycles. The summed E-state index contributed by atoms with van der Waals surface area (Å²) in [6, 6.07) is 5.60. The van der Waals surface area contributed by atoms with Gasteiger partial charge in [-0.25, -0.2) is 4.39 Å². The smallest absolute Gasteiger partial charge is 0.123 e. The molecule has 1 aromatic carbocycles. The van der Waals surface area contributed by atoms with Gasteiger partial charge in [-0.05, 0) is 62.4 Å². The predicted molar refractivity (Wildman–Crippen MR) is 68.0 cm³/mol. The molecule has 0 amide bonds. The third kappa shape index (κ3) is 2.83. The standard InChI is InChI=1S/C13H17BrFN/c1-16-12-4-2-9(7-12)6-10-8-11(15)3-5-13(10)14/h3,5,8-9,12,16H,2,4,6-7H2,1H3. The maximum atomic E-state index is 13.1. The van der Waals surface area contributed by atoms with E-state index in [0.29, 0.717) is 12.0 Å². The largest absolute Gasteiger partial charge is 0.317 e. The molecule has 1 fully saturated rings. The molecule has 2 atom stereocenters. The minimum Gasteiger partial charge on any atom is -0.317 e. The van der Waals surface area contributed by atoms with E-state index in [9.17, 15) is 4.39 Å². The molecular formula is C13H17BrFN. The Labute approximate surface area is 105 Å². The number of hydrogen-bond donors (Lipinski definition) is 1. The van der Waals surface area contributed by atoms with Crippen molar-refractivity contribution in [3.8, 4) is 0 Å². The Morgan fingerprint density at radius 3 is 2.94 bits per heavy atom. The van der Waals surface area contributed by atoms with Crippen molar-refractivity contribution in [2.75, 3.05) is 7.05 Å². The van der Waals surface area contributed by atoms with E-state index < -0.39 is 0 Å². The molecule has 0 bridgehead atoms. The van der Waals surface area contributed by atoms with Crippen LogP contribution in [-0.4, -0.2) is 13.1 Å². The molecule has 0 aliphatic heterocycles. The molecule has 0 heterocycles. The van der Waals surface area contributed by atoms with Crippen LogP contribution < -0.4 is 5.32 Å². The van der Waals surface area contributed by atoms with Crippen LogP contribution in [0.1, 0.15) is 24.8 Å². The van der Waals surface area contributed by atoms with Crippen LogP contribution in [0.25, 0.3) is 0 Å². The monoisotopic (exact) mass is 285 g/mol. The highest BCUT2D eigenvalue weighted by molar-refractivity contribution is 9.10. The molecule has 1 aromatic rings. The van der Waals surface area contributed by atoms with E-state index in [-0.39, 0.29) is 5.82 Å². The summed E-state index contributed by atoms with van der Waals surface area (Å²) in [4.78, 5) is 0. The maximum Gasteiger partial charge on any atom is 0.123 e. The Morgan fingerprint density at radius 2 is 2.25 bits per heavy atom. The van der Waals surface area contributed by atoms with Crippen LogP contribution >= 0.6 is 15.9 Å². The van der Waals surface area contributed by atoms with Gasteiger partial charge in [-0.15, -0.1) is 0 Å². The SMILES string of the molecule is CNC1CCC(Cc2cc(F)ccc2Br)C1. The zero-order valence-corrected chi connectivity index (χ0v) is 11.1. The van der Waals surface area contributed by atoms with E-state index in [2.05, 4.69) is 21.2 Å². The van der Waals surface area contributed by atoms with Crippen LogP contribution in [0.5, 0.6) is 0 Å². The number of rotatable bonds is 3. The fourth-order valence-electron chi connectivity index (χ4n) is 2.53. The lowest BCUT2D eigenvalue weighted by Gasteiger charge is -2.12. The molecule has 0 aromatic heterocycles. The van der Waals surface area contributed by atoms with E-state index >= 15 is 0 Å². The third-order valence-corrected chi connectivity index (χ3v) is 4.24. The van der Waals surface area contributed by atoms with Crippen LogP contribution in [0.3, 0.4) is 0 Å². The molecule has 1 nitrogen and oxygen atoms in total. The molecule has 0 radical (unpaired) electrons. The lowest BCUT2D eigenvalue weighted by atomic mass is 9.98. The zero-order valence-electron chi connectivity index (χ0n) is 9.47. The van der Waals surface area contributed by atoms with Crippen molar-refractivity contribution in [3.63, 3.8) is 0 Å². The van der Waals surface area contributed by atoms with Crippen molar-refractivity contribution >= 4 is 15.9 Å². The van der Waals surface area contributed by atoms with Crippen molar-refractivity contribution < 1.29 is 4.39 Å². The first-order valence-electron chi connectivity index (χ1n) is 5.80. The highest BCUT2D eigenvalue weighted by atomic mass is 79.9. The van der Waals surface area contributed by atoms with Gasteiger partial charge in [0.25, 0.3) is 0 Å². The third-order valence-electron chi connectivity index (χ3n) is 3.47. The summed E-state index contributed by atoms with van der Waals surface area (Å²) in [6.07, 6.45) is 4.68. The first kappa shape index (κ1) is 12.1. The normalized spacial score (nSPS) is 24.9. The summed E-state index contributed by atoms with van der Waals surface area (Å²) in [7, 11) is 2.02. The van der Waals surface area contributed by atoms with Crippen LogP contribution in [0, 0.1) is 11.7 Å². The highest BCUT2D eigenvalue weighted by Gasteiger charge is 2.23. The molecule has 1 N–H and O–H groups in total. The fourth-order valence-corrected chi connectivity index (χ4v) is 2.94. The quantitative estimate of drug-likeness (QED) is 0.896. The van der Waals surface area contributed by atoms with E-state index in [1.165, 1.54) is 25.3 Å². The zero-order chi connectivity index (χ0) is 11.5. The van der Waals surface area contributed by atoms with Gasteiger partial charge in [0.2, 0.25) is 0 Å². The Hall–Kier alpha value is -0.410. The van der Waals surface area contributed by atoms with Gasteiger partial charge >= 0.3 is 0 Å². The van der Waals surface area contributed by atoms with Gasteiger partial charge in [0.05, 0.1) is 0 Å². The molecule has 16 heavy (non-hydrogen) atoms. The molecule has 0 spiro atoms. The number of nitrogens with one attached hydrogen (secondary N) is 1. The molecule has 88 valence electrons. The summed E-state index contributed by atoms with van der Waals surface area (Å²) < 4.78 is 14.2. The average Bonchev–Trinajstić information content (AvgIpc) is 2.71. The Bertz CT molecular complexity index is 367. The molecule has 0 saturated heterocycles. The molecular weight excluding hydrogens is 269 g/mol. The van der Waals surface area contributed by atoms with Gasteiger partial charge in [0.15, 0.2) is 0 Å². The summed E-state index contributed by atoms with van der Waals surface area (Å²) in [5.41, 5.74) is 1.10. The molecule has 1 aliphatic rings. The van der Waals surface area contributed by atoms with E-state index in [0.717, 1.165) is 16.5 Å². The average molecular weight is 286 g/mol. The summed E-state index contributed by atoms with van der Waals surface area (Å²) in [5.74, 6) is 0.553. The number of hydrogen-bond acceptors (Lipinski definition) is 1. The Kier molecular flexibility index (Phi) is 3.98. The van der Waals surface area contributed by atoms with Gasteiger partial charge in [-0.1, -0.05) is 15.9 Å². The maximum absolute atomic E-state index is 13.1. The van der Waals surface area contributed by atoms with Crippen LogP contribution in [0.15, 0.2) is 22.7 Å². The summed E-state index contributed by atoms with van der Waals surface area (Å²) >= 11 is 3.49. The van der Waals surface area contributed by atoms with Crippen molar-refractivity contribution in [2.24, 2.45) is 5.92 Å². The van der Waals surface area contributed by atoms with Crippen molar-refractivity contribution in [2.45, 2.75) is 31.7 Å². The van der Waals surface area contributed by atoms with E-state index in [1.807, 2.05) is 7.05 Å². The van der Waals surface area contributed by atoms with Crippen molar-refractivity contribution in [1.82, 2.24) is 5.32 Å². The molecule has 1 aliphatic carbocycles. The lowest BCUT2D eigenvalue weighted by Crippen LogP contribution is -2.21. The Morgan fingerprint density at radius 1 is 1.44 bits per heavy atom. The first-order chi connectivity index (χ1) is 7.69. The summed E-state index contributed by atoms with van der Waals surface area (Å²) in [6.45, 7) is 0. The predicted octanol–water partition coefficient (Wildman–Crippen LogP) is 3.52. The van der Waals surface area contributed by atoms with Gasteiger partial charge in [-0.2, -0.15) is 0 Å². The highest BCUT2D eigenvalue weighted by Crippen LogP contribution is 2.30. The number of benzene rings is 1. The minimum absolute atomic E-state index is 0.138. The lowest BCUT2D eigenvalue weighted by molar-refractivity contribution is 0.507. The van der Waals surface area contributed by atoms with E-state index in [4.69, 9.17) is 0 Å². The second-order valence-electron chi connectivity index (χ2n) is 4.60. The first-order valence-corrected chi connectivity index (χ1v) is 6.59. The van der Waals surface area contributed by atoms with Gasteiger partial charge in [0.1, 0.15) is 5.82 Å². The van der Waals surface area contributed by atoms with Crippen LogP contribution in [0.4, 0.5) is 4.39 Å². The van der Waals surface area contributed by atoms with Gasteiger partial charge < -0.3 is 5.32 Å². The number of halogens is 2. The van der Waals surface area contributed by atoms with Crippen LogP contribution in [0.2, 0.25) is 0 Å². The minimum atomic E-state index is -0.138. The van der Waals surface area contributed by atoms with E-state index in [1.54, 1.807) is 12.1 Å². The molecule has 2 unspecified atom stereocenters. The molecule has 3 heteroatoms.